The van der Waals surface area contributed by atoms with Crippen molar-refractivity contribution in [2.75, 3.05) is 0 Å². The lowest BCUT2D eigenvalue weighted by atomic mass is 10.1. The average Bonchev–Trinajstić information content (AvgIpc) is 2.92. The first-order valence-corrected chi connectivity index (χ1v) is 7.45. The number of aliphatic imine (C=N–C) groups is 1. The van der Waals surface area contributed by atoms with Gasteiger partial charge in [0.2, 0.25) is 5.89 Å². The molecule has 0 atom stereocenters. The fourth-order valence-corrected chi connectivity index (χ4v) is 2.04. The van der Waals surface area contributed by atoms with Gasteiger partial charge in [0.05, 0.1) is 0 Å². The zero-order valence-electron chi connectivity index (χ0n) is 13.0. The molecular weight excluding hydrogens is 260 g/mol. The van der Waals surface area contributed by atoms with E-state index in [1.54, 1.807) is 12.4 Å². The summed E-state index contributed by atoms with van der Waals surface area (Å²) >= 11 is 0. The van der Waals surface area contributed by atoms with Gasteiger partial charge < -0.3 is 4.42 Å². The minimum atomic E-state index is 0.657. The van der Waals surface area contributed by atoms with Crippen LogP contribution in [0.1, 0.15) is 45.1 Å². The summed E-state index contributed by atoms with van der Waals surface area (Å²) in [7, 11) is 0. The molecule has 0 radical (unpaired) electrons. The van der Waals surface area contributed by atoms with Gasteiger partial charge in [0, 0.05) is 18.0 Å². The van der Waals surface area contributed by atoms with Crippen LogP contribution in [0.15, 0.2) is 46.0 Å². The van der Waals surface area contributed by atoms with Gasteiger partial charge in [0.1, 0.15) is 5.52 Å². The van der Waals surface area contributed by atoms with Crippen LogP contribution in [0.3, 0.4) is 0 Å². The molecule has 1 aromatic heterocycles. The number of aromatic nitrogens is 1. The van der Waals surface area contributed by atoms with Crippen molar-refractivity contribution in [2.24, 2.45) is 4.99 Å². The number of fused-ring (bicyclic) bond motifs is 1. The van der Waals surface area contributed by atoms with E-state index >= 15 is 0 Å². The molecule has 2 rings (SSSR count). The van der Waals surface area contributed by atoms with E-state index < -0.39 is 0 Å². The number of hydrogen-bond donors (Lipinski definition) is 0. The number of unbranched alkanes of at least 4 members (excludes halogenated alkanes) is 1. The maximum Gasteiger partial charge on any atom is 0.222 e. The highest BCUT2D eigenvalue weighted by Gasteiger charge is 2.07. The molecule has 0 spiro atoms. The van der Waals surface area contributed by atoms with E-state index in [9.17, 15) is 0 Å². The lowest BCUT2D eigenvalue weighted by Crippen LogP contribution is -1.84. The summed E-state index contributed by atoms with van der Waals surface area (Å²) < 4.78 is 5.79. The molecule has 0 amide bonds. The Morgan fingerprint density at radius 3 is 3.00 bits per heavy atom. The average molecular weight is 282 g/mol. The molecule has 0 aliphatic carbocycles. The van der Waals surface area contributed by atoms with Crippen LogP contribution in [-0.4, -0.2) is 11.2 Å². The van der Waals surface area contributed by atoms with Crippen molar-refractivity contribution in [2.45, 2.75) is 40.0 Å². The van der Waals surface area contributed by atoms with Crippen molar-refractivity contribution in [1.82, 2.24) is 4.98 Å². The lowest BCUT2D eigenvalue weighted by Gasteiger charge is -1.97. The molecule has 110 valence electrons. The second kappa shape index (κ2) is 7.58. The summed E-state index contributed by atoms with van der Waals surface area (Å²) in [5, 5.41) is 0. The Labute approximate surface area is 126 Å². The van der Waals surface area contributed by atoms with Gasteiger partial charge in [0.15, 0.2) is 5.58 Å². The minimum Gasteiger partial charge on any atom is -0.436 e. The Balaban J connectivity index is 2.21. The topological polar surface area (TPSA) is 38.4 Å². The van der Waals surface area contributed by atoms with Crippen molar-refractivity contribution in [1.29, 1.82) is 0 Å². The summed E-state index contributed by atoms with van der Waals surface area (Å²) in [4.78, 5) is 8.67. The monoisotopic (exact) mass is 282 g/mol. The predicted molar refractivity (Wildman–Crippen MR) is 89.6 cm³/mol. The molecule has 2 aromatic rings. The Kier molecular flexibility index (Phi) is 5.50. The van der Waals surface area contributed by atoms with Crippen LogP contribution in [0.2, 0.25) is 0 Å². The van der Waals surface area contributed by atoms with Crippen molar-refractivity contribution in [3.8, 4) is 0 Å². The number of benzene rings is 1. The van der Waals surface area contributed by atoms with Crippen LogP contribution in [-0.2, 0) is 6.42 Å². The first-order valence-electron chi connectivity index (χ1n) is 7.45. The van der Waals surface area contributed by atoms with Crippen LogP contribution in [0, 0.1) is 0 Å². The highest BCUT2D eigenvalue weighted by atomic mass is 16.3. The van der Waals surface area contributed by atoms with E-state index in [1.165, 1.54) is 18.4 Å². The highest BCUT2D eigenvalue weighted by molar-refractivity contribution is 5.84. The van der Waals surface area contributed by atoms with Crippen LogP contribution >= 0.6 is 0 Å². The molecule has 21 heavy (non-hydrogen) atoms. The van der Waals surface area contributed by atoms with Gasteiger partial charge in [-0.05, 0) is 50.5 Å². The van der Waals surface area contributed by atoms with Crippen molar-refractivity contribution in [3.05, 3.63) is 48.0 Å². The third-order valence-electron chi connectivity index (χ3n) is 3.25. The molecule has 0 saturated carbocycles. The Bertz CT molecular complexity index is 678. The normalized spacial score (nSPS) is 13.0. The summed E-state index contributed by atoms with van der Waals surface area (Å²) in [6.07, 6.45) is 10.8. The van der Waals surface area contributed by atoms with Gasteiger partial charge >= 0.3 is 0 Å². The van der Waals surface area contributed by atoms with Gasteiger partial charge in [0.25, 0.3) is 0 Å². The second-order valence-corrected chi connectivity index (χ2v) is 5.05. The van der Waals surface area contributed by atoms with E-state index in [4.69, 9.17) is 4.42 Å². The van der Waals surface area contributed by atoms with E-state index in [0.717, 1.165) is 23.1 Å². The molecule has 0 bridgehead atoms. The summed E-state index contributed by atoms with van der Waals surface area (Å²) in [5.41, 5.74) is 4.05. The Hall–Kier alpha value is -2.16. The molecule has 1 heterocycles. The Morgan fingerprint density at radius 1 is 1.38 bits per heavy atom. The molecule has 0 aliphatic rings. The van der Waals surface area contributed by atoms with Crippen molar-refractivity contribution < 1.29 is 4.42 Å². The van der Waals surface area contributed by atoms with E-state index in [0.29, 0.717) is 5.89 Å². The summed E-state index contributed by atoms with van der Waals surface area (Å²) in [5.74, 6) is 0.657. The van der Waals surface area contributed by atoms with Crippen molar-refractivity contribution >= 4 is 22.9 Å². The van der Waals surface area contributed by atoms with Gasteiger partial charge in [-0.2, -0.15) is 0 Å². The Morgan fingerprint density at radius 2 is 2.24 bits per heavy atom. The quantitative estimate of drug-likeness (QED) is 0.685. The van der Waals surface area contributed by atoms with Crippen molar-refractivity contribution in [3.63, 3.8) is 0 Å². The smallest absolute Gasteiger partial charge is 0.222 e. The zero-order valence-corrected chi connectivity index (χ0v) is 13.0. The van der Waals surface area contributed by atoms with Gasteiger partial charge in [-0.15, -0.1) is 0 Å². The van der Waals surface area contributed by atoms with Gasteiger partial charge in [-0.3, -0.25) is 4.99 Å². The molecule has 3 heteroatoms. The fraction of sp³-hybridized carbons (Fsp3) is 0.333. The molecular formula is C18H22N2O. The number of allylic oxidation sites excluding steroid dienone is 3. The van der Waals surface area contributed by atoms with Crippen LogP contribution < -0.4 is 0 Å². The summed E-state index contributed by atoms with van der Waals surface area (Å²) in [6.45, 7) is 6.12. The molecule has 0 fully saturated rings. The molecule has 1 aromatic carbocycles. The number of oxazole rings is 1. The van der Waals surface area contributed by atoms with Crippen LogP contribution in [0.5, 0.6) is 0 Å². The molecule has 0 N–H and O–H groups in total. The highest BCUT2D eigenvalue weighted by Crippen LogP contribution is 2.22. The SMILES string of the molecule is C\C=C/N=C/C=C(\C)c1nc2cc(CCCC)ccc2o1. The molecule has 3 nitrogen and oxygen atoms in total. The number of aryl methyl sites for hydroxylation is 1. The van der Waals surface area contributed by atoms with Crippen LogP contribution in [0.25, 0.3) is 16.7 Å². The van der Waals surface area contributed by atoms with E-state index in [-0.39, 0.29) is 0 Å². The third-order valence-corrected chi connectivity index (χ3v) is 3.25. The maximum absolute atomic E-state index is 5.79. The zero-order chi connectivity index (χ0) is 15.1. The maximum atomic E-state index is 5.79. The van der Waals surface area contributed by atoms with Gasteiger partial charge in [-0.25, -0.2) is 4.98 Å². The second-order valence-electron chi connectivity index (χ2n) is 5.05. The fourth-order valence-electron chi connectivity index (χ4n) is 2.04. The standard InChI is InChI=1S/C18H22N2O/c1-4-6-7-15-8-9-17-16(13-15)20-18(21-17)14(3)10-12-19-11-5-2/h5,8-13H,4,6-7H2,1-3H3/b11-5-,14-10+,19-12+. The number of rotatable bonds is 6. The minimum absolute atomic E-state index is 0.657. The lowest BCUT2D eigenvalue weighted by molar-refractivity contribution is 0.584. The van der Waals surface area contributed by atoms with Crippen LogP contribution in [0.4, 0.5) is 0 Å². The molecule has 0 saturated heterocycles. The third kappa shape index (κ3) is 4.15. The first kappa shape index (κ1) is 15.2. The molecule has 0 unspecified atom stereocenters. The van der Waals surface area contributed by atoms with E-state index in [1.807, 2.05) is 32.1 Å². The number of nitrogens with zero attached hydrogens (tertiary/aromatic N) is 2. The largest absolute Gasteiger partial charge is 0.436 e. The summed E-state index contributed by atoms with van der Waals surface area (Å²) in [6, 6.07) is 6.26. The first-order chi connectivity index (χ1) is 10.2. The predicted octanol–water partition coefficient (Wildman–Crippen LogP) is 5.18. The van der Waals surface area contributed by atoms with Gasteiger partial charge in [-0.1, -0.05) is 25.5 Å². The number of hydrogen-bond acceptors (Lipinski definition) is 3. The molecule has 0 aliphatic heterocycles. The van der Waals surface area contributed by atoms with E-state index in [2.05, 4.69) is 29.0 Å².